The summed E-state index contributed by atoms with van der Waals surface area (Å²) >= 11 is 0. The summed E-state index contributed by atoms with van der Waals surface area (Å²) in [5.74, 6) is 0.948. The number of ether oxygens (including phenoxy) is 1. The average molecular weight is 198 g/mol. The lowest BCUT2D eigenvalue weighted by atomic mass is 10.1. The first-order valence-corrected chi connectivity index (χ1v) is 5.87. The molecule has 2 rings (SSSR count). The molecule has 1 heterocycles. The fourth-order valence-electron chi connectivity index (χ4n) is 2.23. The normalized spacial score (nSPS) is 27.2. The molecule has 3 heteroatoms. The van der Waals surface area contributed by atoms with Crippen LogP contribution in [-0.4, -0.2) is 50.8 Å². The quantitative estimate of drug-likeness (QED) is 0.720. The van der Waals surface area contributed by atoms with Gasteiger partial charge in [-0.2, -0.15) is 0 Å². The van der Waals surface area contributed by atoms with E-state index in [1.165, 1.54) is 32.4 Å². The van der Waals surface area contributed by atoms with Crippen molar-refractivity contribution < 1.29 is 4.74 Å². The Hall–Kier alpha value is -0.120. The highest BCUT2D eigenvalue weighted by Crippen LogP contribution is 2.32. The summed E-state index contributed by atoms with van der Waals surface area (Å²) in [4.78, 5) is 2.55. The molecule has 82 valence electrons. The summed E-state index contributed by atoms with van der Waals surface area (Å²) in [6, 6.07) is 0.716. The Bertz CT molecular complexity index is 163. The monoisotopic (exact) mass is 198 g/mol. The van der Waals surface area contributed by atoms with Gasteiger partial charge in [-0.05, 0) is 32.2 Å². The minimum absolute atomic E-state index is 0.716. The highest BCUT2D eigenvalue weighted by Gasteiger charge is 2.31. The van der Waals surface area contributed by atoms with Gasteiger partial charge in [-0.15, -0.1) is 0 Å². The van der Waals surface area contributed by atoms with Gasteiger partial charge in [0.25, 0.3) is 0 Å². The first-order chi connectivity index (χ1) is 6.90. The Morgan fingerprint density at radius 1 is 1.36 bits per heavy atom. The number of rotatable bonds is 4. The molecule has 0 aromatic heterocycles. The molecular formula is C11H22N2O. The summed E-state index contributed by atoms with van der Waals surface area (Å²) in [6.45, 7) is 5.41. The predicted molar refractivity (Wildman–Crippen MR) is 57.4 cm³/mol. The van der Waals surface area contributed by atoms with Crippen LogP contribution >= 0.6 is 0 Å². The smallest absolute Gasteiger partial charge is 0.0593 e. The zero-order valence-electron chi connectivity index (χ0n) is 9.17. The Morgan fingerprint density at radius 3 is 2.93 bits per heavy atom. The van der Waals surface area contributed by atoms with Gasteiger partial charge in [-0.25, -0.2) is 0 Å². The van der Waals surface area contributed by atoms with E-state index < -0.39 is 0 Å². The van der Waals surface area contributed by atoms with Crippen molar-refractivity contribution in [2.75, 3.05) is 39.9 Å². The maximum Gasteiger partial charge on any atom is 0.0593 e. The molecule has 1 N–H and O–H groups in total. The largest absolute Gasteiger partial charge is 0.380 e. The van der Waals surface area contributed by atoms with Gasteiger partial charge in [0, 0.05) is 32.3 Å². The second kappa shape index (κ2) is 5.10. The molecule has 0 aromatic carbocycles. The van der Waals surface area contributed by atoms with Crippen molar-refractivity contribution in [2.45, 2.75) is 25.3 Å². The summed E-state index contributed by atoms with van der Waals surface area (Å²) in [7, 11) is 2.09. The van der Waals surface area contributed by atoms with Crippen LogP contribution in [0.2, 0.25) is 0 Å². The highest BCUT2D eigenvalue weighted by molar-refractivity contribution is 4.87. The molecule has 1 saturated heterocycles. The van der Waals surface area contributed by atoms with Crippen molar-refractivity contribution in [2.24, 2.45) is 5.92 Å². The molecule has 0 bridgehead atoms. The van der Waals surface area contributed by atoms with Gasteiger partial charge in [-0.1, -0.05) is 0 Å². The molecule has 2 aliphatic rings. The first-order valence-electron chi connectivity index (χ1n) is 5.87. The van der Waals surface area contributed by atoms with Crippen LogP contribution < -0.4 is 5.32 Å². The van der Waals surface area contributed by atoms with Crippen LogP contribution in [0.4, 0.5) is 0 Å². The fourth-order valence-corrected chi connectivity index (χ4v) is 2.23. The van der Waals surface area contributed by atoms with Gasteiger partial charge >= 0.3 is 0 Å². The molecule has 1 aliphatic heterocycles. The summed E-state index contributed by atoms with van der Waals surface area (Å²) < 4.78 is 5.45. The molecule has 0 spiro atoms. The topological polar surface area (TPSA) is 24.5 Å². The Labute approximate surface area is 86.8 Å². The first kappa shape index (κ1) is 10.4. The number of nitrogens with one attached hydrogen (secondary N) is 1. The van der Waals surface area contributed by atoms with Gasteiger partial charge in [0.1, 0.15) is 0 Å². The third kappa shape index (κ3) is 2.94. The van der Waals surface area contributed by atoms with Crippen molar-refractivity contribution in [3.05, 3.63) is 0 Å². The van der Waals surface area contributed by atoms with E-state index >= 15 is 0 Å². The van der Waals surface area contributed by atoms with Crippen LogP contribution in [0.15, 0.2) is 0 Å². The van der Waals surface area contributed by atoms with Crippen LogP contribution in [0.1, 0.15) is 19.3 Å². The Kier molecular flexibility index (Phi) is 3.79. The van der Waals surface area contributed by atoms with Gasteiger partial charge in [0.15, 0.2) is 0 Å². The molecule has 1 saturated carbocycles. The van der Waals surface area contributed by atoms with E-state index in [0.29, 0.717) is 6.04 Å². The number of hydrogen-bond donors (Lipinski definition) is 1. The summed E-state index contributed by atoms with van der Waals surface area (Å²) in [5, 5.41) is 3.45. The van der Waals surface area contributed by atoms with Crippen molar-refractivity contribution in [1.29, 1.82) is 0 Å². The third-order valence-corrected chi connectivity index (χ3v) is 3.33. The second-order valence-corrected chi connectivity index (χ2v) is 4.50. The molecular weight excluding hydrogens is 176 g/mol. The molecule has 0 aromatic rings. The maximum absolute atomic E-state index is 5.45. The van der Waals surface area contributed by atoms with Gasteiger partial charge < -0.3 is 10.1 Å². The SMILES string of the molecule is CNC(CN1CCCOCC1)C1CC1. The predicted octanol–water partition coefficient (Wildman–Crippen LogP) is 0.707. The standard InChI is InChI=1S/C11H22N2O/c1-12-11(10-3-4-10)9-13-5-2-7-14-8-6-13/h10-12H,2-9H2,1H3. The average Bonchev–Trinajstić information content (AvgIpc) is 3.01. The van der Waals surface area contributed by atoms with E-state index in [1.54, 1.807) is 0 Å². The Balaban J connectivity index is 1.75. The molecule has 1 unspecified atom stereocenters. The van der Waals surface area contributed by atoms with Crippen molar-refractivity contribution in [1.82, 2.24) is 10.2 Å². The van der Waals surface area contributed by atoms with Crippen LogP contribution in [0, 0.1) is 5.92 Å². The lowest BCUT2D eigenvalue weighted by Gasteiger charge is -2.25. The third-order valence-electron chi connectivity index (χ3n) is 3.33. The zero-order chi connectivity index (χ0) is 9.80. The highest BCUT2D eigenvalue weighted by atomic mass is 16.5. The molecule has 0 amide bonds. The van der Waals surface area contributed by atoms with Gasteiger partial charge in [-0.3, -0.25) is 4.90 Å². The van der Waals surface area contributed by atoms with Crippen LogP contribution in [0.25, 0.3) is 0 Å². The molecule has 1 aliphatic carbocycles. The van der Waals surface area contributed by atoms with Crippen LogP contribution in [0.5, 0.6) is 0 Å². The second-order valence-electron chi connectivity index (χ2n) is 4.50. The van der Waals surface area contributed by atoms with Crippen LogP contribution in [-0.2, 0) is 4.74 Å². The van der Waals surface area contributed by atoms with E-state index in [1.807, 2.05) is 0 Å². The van der Waals surface area contributed by atoms with Crippen molar-refractivity contribution in [3.63, 3.8) is 0 Å². The van der Waals surface area contributed by atoms with E-state index in [4.69, 9.17) is 4.74 Å². The molecule has 0 radical (unpaired) electrons. The van der Waals surface area contributed by atoms with E-state index in [0.717, 1.165) is 25.7 Å². The molecule has 3 nitrogen and oxygen atoms in total. The van der Waals surface area contributed by atoms with Gasteiger partial charge in [0.2, 0.25) is 0 Å². The molecule has 14 heavy (non-hydrogen) atoms. The fraction of sp³-hybridized carbons (Fsp3) is 1.00. The van der Waals surface area contributed by atoms with Gasteiger partial charge in [0.05, 0.1) is 6.61 Å². The van der Waals surface area contributed by atoms with E-state index in [2.05, 4.69) is 17.3 Å². The zero-order valence-corrected chi connectivity index (χ0v) is 9.17. The summed E-state index contributed by atoms with van der Waals surface area (Å²) in [6.07, 6.45) is 4.05. The minimum atomic E-state index is 0.716. The van der Waals surface area contributed by atoms with E-state index in [9.17, 15) is 0 Å². The van der Waals surface area contributed by atoms with Crippen molar-refractivity contribution >= 4 is 0 Å². The van der Waals surface area contributed by atoms with Crippen molar-refractivity contribution in [3.8, 4) is 0 Å². The minimum Gasteiger partial charge on any atom is -0.380 e. The van der Waals surface area contributed by atoms with E-state index in [-0.39, 0.29) is 0 Å². The number of hydrogen-bond acceptors (Lipinski definition) is 3. The Morgan fingerprint density at radius 2 is 2.21 bits per heavy atom. The summed E-state index contributed by atoms with van der Waals surface area (Å²) in [5.41, 5.74) is 0. The lowest BCUT2D eigenvalue weighted by Crippen LogP contribution is -2.41. The maximum atomic E-state index is 5.45. The number of nitrogens with zero attached hydrogens (tertiary/aromatic N) is 1. The molecule has 2 fully saturated rings. The lowest BCUT2D eigenvalue weighted by molar-refractivity contribution is 0.139. The number of likely N-dealkylation sites (N-methyl/N-ethyl adjacent to an activating group) is 1. The molecule has 1 atom stereocenters. The van der Waals surface area contributed by atoms with Crippen LogP contribution in [0.3, 0.4) is 0 Å².